The molecule has 0 aliphatic carbocycles. The maximum atomic E-state index is 11.5. The Labute approximate surface area is 109 Å². The third-order valence-corrected chi connectivity index (χ3v) is 2.64. The summed E-state index contributed by atoms with van der Waals surface area (Å²) in [6.45, 7) is -0.453. The molecule has 2 heterocycles. The van der Waals surface area contributed by atoms with E-state index in [-0.39, 0.29) is 5.82 Å². The quantitative estimate of drug-likeness (QED) is 0.453. The smallest absolute Gasteiger partial charge is 0.351 e. The molecule has 1 aromatic heterocycles. The molecule has 0 spiro atoms. The maximum absolute atomic E-state index is 11.5. The minimum absolute atomic E-state index is 0.0537. The molecule has 0 bridgehead atoms. The van der Waals surface area contributed by atoms with Gasteiger partial charge in [-0.1, -0.05) is 0 Å². The first kappa shape index (κ1) is 15.7. The fraction of sp³-hybridized carbons (Fsp3) is 0.556. The number of ether oxygens (including phenoxy) is 1. The van der Waals surface area contributed by atoms with Crippen LogP contribution >= 0.6 is 9.12 Å². The fourth-order valence-corrected chi connectivity index (χ4v) is 1.73. The van der Waals surface area contributed by atoms with E-state index in [2.05, 4.69) is 4.98 Å². The van der Waals surface area contributed by atoms with Gasteiger partial charge in [0, 0.05) is 6.20 Å². The van der Waals surface area contributed by atoms with Gasteiger partial charge in [0.1, 0.15) is 33.2 Å². The highest BCUT2D eigenvalue weighted by Gasteiger charge is 2.43. The summed E-state index contributed by atoms with van der Waals surface area (Å²) >= 11 is 0. The minimum Gasteiger partial charge on any atom is -0.394 e. The lowest BCUT2D eigenvalue weighted by Crippen LogP contribution is -2.36. The summed E-state index contributed by atoms with van der Waals surface area (Å²) in [5.41, 5.74) is 4.63. The Balaban J connectivity index is 0.000000861. The van der Waals surface area contributed by atoms with Crippen LogP contribution in [0.25, 0.3) is 0 Å². The lowest BCUT2D eigenvalue weighted by molar-refractivity contribution is -0.0549. The third-order valence-electron chi connectivity index (χ3n) is 2.64. The van der Waals surface area contributed by atoms with Crippen LogP contribution in [0.1, 0.15) is 6.23 Å². The average molecular weight is 291 g/mol. The van der Waals surface area contributed by atoms with E-state index in [1.165, 1.54) is 12.3 Å². The van der Waals surface area contributed by atoms with Gasteiger partial charge in [-0.2, -0.15) is 4.98 Å². The van der Waals surface area contributed by atoms with Crippen molar-refractivity contribution >= 4 is 14.9 Å². The van der Waals surface area contributed by atoms with Gasteiger partial charge in [0.2, 0.25) is 0 Å². The van der Waals surface area contributed by atoms with Gasteiger partial charge < -0.3 is 25.8 Å². The Hall–Kier alpha value is -1.38. The van der Waals surface area contributed by atoms with Crippen LogP contribution in [-0.4, -0.2) is 49.8 Å². The molecule has 0 radical (unpaired) electrons. The second-order valence-electron chi connectivity index (χ2n) is 3.77. The zero-order chi connectivity index (χ0) is 14.6. The van der Waals surface area contributed by atoms with E-state index in [0.29, 0.717) is 0 Å². The molecule has 5 N–H and O–H groups in total. The first-order chi connectivity index (χ1) is 9.04. The van der Waals surface area contributed by atoms with Gasteiger partial charge >= 0.3 is 5.69 Å². The van der Waals surface area contributed by atoms with Crippen molar-refractivity contribution in [3.8, 4) is 0 Å². The van der Waals surface area contributed by atoms with E-state index in [9.17, 15) is 15.0 Å². The molecule has 10 heteroatoms. The van der Waals surface area contributed by atoms with Crippen LogP contribution in [0, 0.1) is 0 Å². The summed E-state index contributed by atoms with van der Waals surface area (Å²) in [6.07, 6.45) is -3.27. The molecule has 0 aromatic carbocycles. The Kier molecular flexibility index (Phi) is 5.52. The molecule has 106 valence electrons. The van der Waals surface area contributed by atoms with Crippen LogP contribution in [0.15, 0.2) is 17.1 Å². The number of hydrogen-bond donors (Lipinski definition) is 4. The molecule has 4 atom stereocenters. The molecule has 0 saturated carbocycles. The van der Waals surface area contributed by atoms with Crippen LogP contribution < -0.4 is 11.4 Å². The van der Waals surface area contributed by atoms with Gasteiger partial charge in [-0.3, -0.25) is 9.13 Å². The fourth-order valence-electron chi connectivity index (χ4n) is 1.73. The van der Waals surface area contributed by atoms with Gasteiger partial charge in [-0.15, -0.1) is 0 Å². The monoisotopic (exact) mass is 291 g/mol. The number of aromatic nitrogens is 2. The number of aliphatic hydroxyl groups is 3. The summed E-state index contributed by atoms with van der Waals surface area (Å²) in [4.78, 5) is 15.0. The van der Waals surface area contributed by atoms with Crippen molar-refractivity contribution in [2.75, 3.05) is 12.3 Å². The molecule has 2 rings (SSSR count). The molecule has 1 aromatic rings. The van der Waals surface area contributed by atoms with E-state index in [1.54, 1.807) is 9.12 Å². The van der Waals surface area contributed by atoms with Crippen molar-refractivity contribution in [3.63, 3.8) is 0 Å². The molecule has 0 unspecified atom stereocenters. The molecule has 1 fully saturated rings. The van der Waals surface area contributed by atoms with Crippen LogP contribution in [0.5, 0.6) is 0 Å². The van der Waals surface area contributed by atoms with E-state index >= 15 is 0 Å². The van der Waals surface area contributed by atoms with Crippen molar-refractivity contribution in [2.45, 2.75) is 24.5 Å². The lowest BCUT2D eigenvalue weighted by Gasteiger charge is -2.16. The highest BCUT2D eigenvalue weighted by atomic mass is 31.0. The average Bonchev–Trinajstić information content (AvgIpc) is 2.69. The zero-order valence-corrected chi connectivity index (χ0v) is 10.7. The van der Waals surface area contributed by atoms with Crippen molar-refractivity contribution < 1.29 is 24.6 Å². The van der Waals surface area contributed by atoms with Gasteiger partial charge in [-0.05, 0) is 6.07 Å². The van der Waals surface area contributed by atoms with Crippen LogP contribution in [-0.2, 0) is 9.30 Å². The highest BCUT2D eigenvalue weighted by molar-refractivity contribution is 7.00. The number of nitrogens with zero attached hydrogens (tertiary/aromatic N) is 2. The Morgan fingerprint density at radius 1 is 1.42 bits per heavy atom. The normalized spacial score (nSPS) is 29.6. The Morgan fingerprint density at radius 3 is 2.53 bits per heavy atom. The predicted molar refractivity (Wildman–Crippen MR) is 64.9 cm³/mol. The summed E-state index contributed by atoms with van der Waals surface area (Å²) < 4.78 is 14.2. The number of anilines is 1. The van der Waals surface area contributed by atoms with Crippen LogP contribution in [0.3, 0.4) is 0 Å². The number of nitrogen functional groups attached to an aromatic ring is 1. The molecule has 1 saturated heterocycles. The first-order valence-electron chi connectivity index (χ1n) is 5.22. The van der Waals surface area contributed by atoms with Crippen molar-refractivity contribution in [1.82, 2.24) is 9.55 Å². The second kappa shape index (κ2) is 6.69. The van der Waals surface area contributed by atoms with Crippen molar-refractivity contribution in [2.24, 2.45) is 0 Å². The molecule has 1 aliphatic rings. The Bertz CT molecular complexity index is 483. The largest absolute Gasteiger partial charge is 0.394 e. The molecular weight excluding hydrogens is 277 g/mol. The first-order valence-corrected chi connectivity index (χ1v) is 5.63. The topological polar surface area (TPSA) is 148 Å². The standard InChI is InChI=1S/C9H13N3O5.HOP/c10-5-1-2-12(9(16)11-5)8-7(15)6(14)4(3-13)17-8;1-2/h1-2,4,6-8,13-15H,3H2,(H2,10,11,16);2H/t4-,6-,7-,8-;/m1./s1. The number of aliphatic hydroxyl groups excluding tert-OH is 3. The molecule has 1 aliphatic heterocycles. The highest BCUT2D eigenvalue weighted by Crippen LogP contribution is 2.27. The van der Waals surface area contributed by atoms with Gasteiger partial charge in [-0.25, -0.2) is 4.79 Å². The Morgan fingerprint density at radius 2 is 2.05 bits per heavy atom. The van der Waals surface area contributed by atoms with Crippen molar-refractivity contribution in [1.29, 1.82) is 0 Å². The summed E-state index contributed by atoms with van der Waals surface area (Å²) in [5.74, 6) is 0.0537. The number of nitrogens with two attached hydrogens (primary N) is 1. The van der Waals surface area contributed by atoms with Crippen LogP contribution in [0.2, 0.25) is 0 Å². The van der Waals surface area contributed by atoms with Gasteiger partial charge in [0.15, 0.2) is 6.23 Å². The zero-order valence-electron chi connectivity index (χ0n) is 9.71. The molecule has 0 amide bonds. The maximum Gasteiger partial charge on any atom is 0.351 e. The predicted octanol–water partition coefficient (Wildman–Crippen LogP) is -2.09. The molecule has 19 heavy (non-hydrogen) atoms. The van der Waals surface area contributed by atoms with Gasteiger partial charge in [0.05, 0.1) is 6.61 Å². The SMILES string of the molecule is Nc1ccn([C@@H]2O[C@H](CO)[C@@H](O)[C@H]2O)c(=O)n1.O=P. The van der Waals surface area contributed by atoms with Crippen molar-refractivity contribution in [3.05, 3.63) is 22.7 Å². The molecular formula is C9H14N3O6P. The van der Waals surface area contributed by atoms with E-state index in [1.807, 2.05) is 0 Å². The van der Waals surface area contributed by atoms with E-state index < -0.39 is 36.8 Å². The number of hydrogen-bond acceptors (Lipinski definition) is 8. The number of rotatable bonds is 2. The molecule has 9 nitrogen and oxygen atoms in total. The summed E-state index contributed by atoms with van der Waals surface area (Å²) in [5, 5.41) is 28.2. The van der Waals surface area contributed by atoms with E-state index in [0.717, 1.165) is 4.57 Å². The van der Waals surface area contributed by atoms with Crippen LogP contribution in [0.4, 0.5) is 5.82 Å². The van der Waals surface area contributed by atoms with E-state index in [4.69, 9.17) is 20.1 Å². The summed E-state index contributed by atoms with van der Waals surface area (Å²) in [6, 6.07) is 1.37. The minimum atomic E-state index is -1.31. The second-order valence-corrected chi connectivity index (χ2v) is 3.77. The lowest BCUT2D eigenvalue weighted by atomic mass is 10.1. The van der Waals surface area contributed by atoms with Gasteiger partial charge in [0.25, 0.3) is 0 Å². The third kappa shape index (κ3) is 3.14. The summed E-state index contributed by atoms with van der Waals surface area (Å²) in [7, 11) is 1.72.